The van der Waals surface area contributed by atoms with Crippen molar-refractivity contribution in [1.29, 1.82) is 0 Å². The van der Waals surface area contributed by atoms with Crippen LogP contribution in [0.5, 0.6) is 0 Å². The van der Waals surface area contributed by atoms with Crippen LogP contribution in [0.25, 0.3) is 0 Å². The first-order valence-corrected chi connectivity index (χ1v) is 44.5. The molecule has 0 spiro atoms. The molecule has 0 amide bonds. The van der Waals surface area contributed by atoms with Crippen LogP contribution in [0.2, 0.25) is 0 Å². The molecule has 0 rings (SSSR count). The normalized spacial score (nSPS) is 11.8. The van der Waals surface area contributed by atoms with Gasteiger partial charge in [0.15, 0.2) is 0 Å². The zero-order chi connectivity index (χ0) is 56.1. The Kier molecular flexibility index (Phi) is 65.6. The molecule has 0 saturated heterocycles. The third-order valence-corrected chi connectivity index (χ3v) is 6.23. The number of hydrogen-bond donors (Lipinski definition) is 0. The molecule has 0 heterocycles. The molecule has 0 aliphatic carbocycles. The van der Waals surface area contributed by atoms with E-state index in [0.717, 1.165) is 0 Å². The molecule has 0 N–H and O–H groups in total. The van der Waals surface area contributed by atoms with Crippen LogP contribution in [0, 0.1) is 0 Å². The van der Waals surface area contributed by atoms with E-state index >= 15 is 0 Å². The fourth-order valence-corrected chi connectivity index (χ4v) is 4.17. The molecule has 0 fully saturated rings. The van der Waals surface area contributed by atoms with Gasteiger partial charge in [-0.2, -0.15) is 0 Å². The Balaban J connectivity index is -0.0000000966. The standard InChI is InChI=1S/C26H56N.8Mo.32O/c1-5-7-9-11-13-15-17-19-21-23-25-27(3,4)26-24-22-20-18-16-14-12-10-8-6-2;;;;;;;;;;;;;;;;;;;;;;;;;;;;;;;;;;;;;;;;/h5-26H2,1-4H3;;;;;;;;;;;;;;;;;;;;;;;;;;;;;;;;;;;;;;;;/q+1;;;;;;;;;;;;;;;;;;;;;;;;;16*-1. The average Bonchev–Trinajstić information content (AvgIpc) is 2.96. The molecule has 0 saturated carbocycles. The minimum atomic E-state index is -6.02. The van der Waals surface area contributed by atoms with Gasteiger partial charge in [0, 0.05) is 0 Å². The summed E-state index contributed by atoms with van der Waals surface area (Å²) in [5.74, 6) is 0. The third kappa shape index (κ3) is 382. The van der Waals surface area contributed by atoms with Crippen molar-refractivity contribution in [2.24, 2.45) is 0 Å². The van der Waals surface area contributed by atoms with Gasteiger partial charge in [-0.25, -0.2) is 0 Å². The van der Waals surface area contributed by atoms with Gasteiger partial charge < -0.3 is 4.48 Å². The average molecular weight is 1660 g/mol. The molecular formula is C26H56Mo8NO32-15. The summed E-state index contributed by atoms with van der Waals surface area (Å²) >= 11 is -48.2. The summed E-state index contributed by atoms with van der Waals surface area (Å²) in [4.78, 5) is 0. The fraction of sp³-hybridized carbons (Fsp3) is 1.00. The number of nitrogens with zero attached hydrogens (tertiary/aromatic N) is 1. The summed E-state index contributed by atoms with van der Waals surface area (Å²) in [7, 11) is 4.89. The second kappa shape index (κ2) is 49.8. The van der Waals surface area contributed by atoms with E-state index in [1.54, 1.807) is 0 Å². The summed E-state index contributed by atoms with van der Waals surface area (Å²) in [6.45, 7) is 7.37. The van der Waals surface area contributed by atoms with Gasteiger partial charge in [-0.1, -0.05) is 117 Å². The zero-order valence-corrected chi connectivity index (χ0v) is 52.4. The molecule has 0 radical (unpaired) electrons. The Labute approximate surface area is 417 Å². The zero-order valence-electron chi connectivity index (χ0n) is 36.3. The Morgan fingerprint density at radius 3 is 0.418 bits per heavy atom. The second-order valence-electron chi connectivity index (χ2n) is 13.0. The van der Waals surface area contributed by atoms with Gasteiger partial charge >= 0.3 is 248 Å². The maximum absolute atomic E-state index is 8.63. The van der Waals surface area contributed by atoms with Crippen molar-refractivity contribution >= 4 is 0 Å². The Morgan fingerprint density at radius 1 is 0.224 bits per heavy atom. The fourth-order valence-electron chi connectivity index (χ4n) is 4.17. The van der Waals surface area contributed by atoms with Gasteiger partial charge in [-0.05, 0) is 25.7 Å². The number of unbranched alkanes of at least 4 members (excludes halogenated alkanes) is 18. The van der Waals surface area contributed by atoms with Crippen LogP contribution in [0.1, 0.15) is 142 Å². The van der Waals surface area contributed by atoms with Crippen molar-refractivity contribution in [2.45, 2.75) is 142 Å². The Hall–Kier alpha value is 1.63. The molecule has 420 valence electrons. The van der Waals surface area contributed by atoms with E-state index in [0.29, 0.717) is 0 Å². The second-order valence-corrected chi connectivity index (χ2v) is 29.1. The number of hydrogen-bond acceptors (Lipinski definition) is 32. The molecule has 0 atom stereocenters. The molecule has 0 aliphatic heterocycles. The summed E-state index contributed by atoms with van der Waals surface area (Å²) in [5.41, 5.74) is 0. The van der Waals surface area contributed by atoms with Crippen molar-refractivity contribution in [1.82, 2.24) is 0 Å². The molecule has 0 bridgehead atoms. The van der Waals surface area contributed by atoms with Gasteiger partial charge in [0.25, 0.3) is 0 Å². The van der Waals surface area contributed by atoms with Crippen molar-refractivity contribution in [3.63, 3.8) is 0 Å². The van der Waals surface area contributed by atoms with Gasteiger partial charge in [-0.15, -0.1) is 0 Å². The maximum atomic E-state index is 8.63. The van der Waals surface area contributed by atoms with Crippen LogP contribution in [-0.4, -0.2) is 31.7 Å². The SMILES string of the molecule is CCCCCCCCCCCC[N+](C)(C)CCCCCCCCCCCC.[O]=[Mo](=[O])([O-])[O-].[O]=[Mo](=[O])([O-])[O-].[O]=[Mo](=[O])([O-])[O-].[O]=[Mo](=[O])([O-])[O-].[O]=[Mo](=[O])([O-])[O-].[O]=[Mo](=[O])([O-])[O-].[O]=[Mo](=[O])([O-])[O-].[O]=[Mo](=[O])([O-])[O-]. The molecular weight excluding hydrogens is 1610 g/mol. The first-order chi connectivity index (χ1) is 29.1. The summed E-state index contributed by atoms with van der Waals surface area (Å²) in [5, 5.41) is 0. The van der Waals surface area contributed by atoms with Crippen LogP contribution in [0.3, 0.4) is 0 Å². The molecule has 0 unspecified atom stereocenters. The Morgan fingerprint density at radius 2 is 0.313 bits per heavy atom. The van der Waals surface area contributed by atoms with Crippen molar-refractivity contribution < 1.29 is 253 Å². The van der Waals surface area contributed by atoms with Gasteiger partial charge in [0.1, 0.15) is 0 Å². The van der Waals surface area contributed by atoms with E-state index in [2.05, 4.69) is 27.9 Å². The molecule has 0 aromatic rings. The number of rotatable bonds is 22. The molecule has 0 aliphatic rings. The van der Waals surface area contributed by atoms with E-state index in [1.165, 1.54) is 146 Å². The summed E-state index contributed by atoms with van der Waals surface area (Å²) in [6, 6.07) is 0. The minimum absolute atomic E-state index is 1.24. The molecule has 67 heavy (non-hydrogen) atoms. The van der Waals surface area contributed by atoms with Crippen molar-refractivity contribution in [3.05, 3.63) is 0 Å². The van der Waals surface area contributed by atoms with E-state index in [1.807, 2.05) is 0 Å². The van der Waals surface area contributed by atoms with E-state index < -0.39 is 134 Å². The predicted molar refractivity (Wildman–Crippen MR) is 137 cm³/mol. The van der Waals surface area contributed by atoms with E-state index in [-0.39, 0.29) is 0 Å². The van der Waals surface area contributed by atoms with Gasteiger partial charge in [-0.3, -0.25) is 0 Å². The van der Waals surface area contributed by atoms with Crippen molar-refractivity contribution in [2.75, 3.05) is 27.2 Å². The Bertz CT molecular complexity index is 1570. The van der Waals surface area contributed by atoms with Gasteiger partial charge in [0.05, 0.1) is 27.2 Å². The molecule has 33 nitrogen and oxygen atoms in total. The van der Waals surface area contributed by atoms with Crippen molar-refractivity contribution in [3.8, 4) is 0 Å². The van der Waals surface area contributed by atoms with Gasteiger partial charge in [0.2, 0.25) is 0 Å². The van der Waals surface area contributed by atoms with Crippen LogP contribution >= 0.6 is 0 Å². The van der Waals surface area contributed by atoms with Crippen LogP contribution < -0.4 is 60.2 Å². The monoisotopic (exact) mass is 1680 g/mol. The predicted octanol–water partition coefficient (Wildman–Crippen LogP) is -12.0. The molecule has 41 heteroatoms. The molecule has 0 aromatic carbocycles. The van der Waals surface area contributed by atoms with E-state index in [9.17, 15) is 0 Å². The van der Waals surface area contributed by atoms with Crippen LogP contribution in [0.4, 0.5) is 0 Å². The summed E-state index contributed by atoms with van der Waals surface area (Å²) in [6.07, 6.45) is 29.0. The van der Waals surface area contributed by atoms with Crippen LogP contribution in [-0.2, 0) is 188 Å². The third-order valence-electron chi connectivity index (χ3n) is 6.23. The van der Waals surface area contributed by atoms with Crippen LogP contribution in [0.15, 0.2) is 0 Å². The topological polar surface area (TPSA) is 642 Å². The first-order valence-electron chi connectivity index (χ1n) is 18.3. The summed E-state index contributed by atoms with van der Waals surface area (Å²) < 4.78 is 277. The first kappa shape index (κ1) is 88.3. The quantitative estimate of drug-likeness (QED) is 0.0552. The number of quaternary nitrogens is 1. The molecule has 0 aromatic heterocycles. The van der Waals surface area contributed by atoms with E-state index in [4.69, 9.17) is 115 Å².